The van der Waals surface area contributed by atoms with E-state index in [-0.39, 0.29) is 24.5 Å². The summed E-state index contributed by atoms with van der Waals surface area (Å²) in [5, 5.41) is 0. The smallest absolute Gasteiger partial charge is 0.324 e. The number of esters is 2. The van der Waals surface area contributed by atoms with Gasteiger partial charge in [-0.05, 0) is 13.8 Å². The minimum atomic E-state index is -0.292. The fourth-order valence-electron chi connectivity index (χ4n) is 1.18. The molecule has 0 aromatic carbocycles. The van der Waals surface area contributed by atoms with Crippen molar-refractivity contribution in [3.8, 4) is 0 Å². The van der Waals surface area contributed by atoms with Gasteiger partial charge in [0.1, 0.15) is 6.04 Å². The lowest BCUT2D eigenvalue weighted by Gasteiger charge is -2.03. The minimum Gasteiger partial charge on any atom is -0.465 e. The van der Waals surface area contributed by atoms with Gasteiger partial charge in [-0.15, -0.1) is 0 Å². The van der Waals surface area contributed by atoms with E-state index in [1.54, 1.807) is 18.7 Å². The monoisotopic (exact) mass is 201 g/mol. The van der Waals surface area contributed by atoms with Crippen molar-refractivity contribution in [2.45, 2.75) is 19.9 Å². The molecule has 80 valence electrons. The third kappa shape index (κ3) is 2.99. The summed E-state index contributed by atoms with van der Waals surface area (Å²) < 4.78 is 9.55. The molecule has 1 saturated heterocycles. The molecule has 5 heteroatoms. The van der Waals surface area contributed by atoms with E-state index in [4.69, 9.17) is 9.47 Å². The number of carbonyl (C=O) groups excluding carboxylic acids is 2. The molecule has 0 aromatic heterocycles. The second kappa shape index (κ2) is 4.95. The molecule has 5 nitrogen and oxygen atoms in total. The number of carbonyl (C=O) groups is 2. The largest absolute Gasteiger partial charge is 0.465 e. The van der Waals surface area contributed by atoms with Gasteiger partial charge in [0.25, 0.3) is 0 Å². The molecule has 0 aliphatic carbocycles. The Hall–Kier alpha value is -1.10. The van der Waals surface area contributed by atoms with Crippen LogP contribution in [0.5, 0.6) is 0 Å². The van der Waals surface area contributed by atoms with Gasteiger partial charge >= 0.3 is 11.9 Å². The van der Waals surface area contributed by atoms with E-state index >= 15 is 0 Å². The molecule has 0 aromatic rings. The molecule has 1 heterocycles. The lowest BCUT2D eigenvalue weighted by atomic mass is 10.5. The topological polar surface area (TPSA) is 55.6 Å². The van der Waals surface area contributed by atoms with Crippen LogP contribution in [0.15, 0.2) is 0 Å². The van der Waals surface area contributed by atoms with E-state index < -0.39 is 0 Å². The third-order valence-electron chi connectivity index (χ3n) is 1.91. The Morgan fingerprint density at radius 2 is 1.93 bits per heavy atom. The van der Waals surface area contributed by atoms with Crippen molar-refractivity contribution in [3.05, 3.63) is 0 Å². The number of nitrogens with zero attached hydrogens (tertiary/aromatic N) is 1. The van der Waals surface area contributed by atoms with E-state index in [1.807, 2.05) is 0 Å². The Morgan fingerprint density at radius 3 is 2.50 bits per heavy atom. The molecule has 1 fully saturated rings. The summed E-state index contributed by atoms with van der Waals surface area (Å²) >= 11 is 0. The van der Waals surface area contributed by atoms with Gasteiger partial charge in [-0.1, -0.05) is 0 Å². The van der Waals surface area contributed by atoms with Crippen LogP contribution in [0.1, 0.15) is 13.8 Å². The molecule has 1 aliphatic heterocycles. The summed E-state index contributed by atoms with van der Waals surface area (Å²) in [6, 6.07) is -0.237. The normalized spacial score (nSPS) is 24.1. The zero-order valence-electron chi connectivity index (χ0n) is 8.49. The summed E-state index contributed by atoms with van der Waals surface area (Å²) in [6.45, 7) is 5.03. The molecule has 1 rings (SSSR count). The number of ether oxygens (including phenoxy) is 2. The second-order valence-corrected chi connectivity index (χ2v) is 3.00. The van der Waals surface area contributed by atoms with Crippen LogP contribution in [-0.4, -0.2) is 49.2 Å². The van der Waals surface area contributed by atoms with Gasteiger partial charge in [0, 0.05) is 6.54 Å². The lowest BCUT2D eigenvalue weighted by molar-refractivity contribution is -0.145. The van der Waals surface area contributed by atoms with E-state index in [0.29, 0.717) is 19.8 Å². The van der Waals surface area contributed by atoms with Crippen molar-refractivity contribution >= 4 is 11.9 Å². The van der Waals surface area contributed by atoms with Crippen molar-refractivity contribution in [1.82, 2.24) is 4.90 Å². The first-order valence-corrected chi connectivity index (χ1v) is 4.75. The van der Waals surface area contributed by atoms with Crippen molar-refractivity contribution < 1.29 is 19.1 Å². The summed E-state index contributed by atoms with van der Waals surface area (Å²) in [4.78, 5) is 23.9. The second-order valence-electron chi connectivity index (χ2n) is 3.00. The molecular weight excluding hydrogens is 186 g/mol. The summed E-state index contributed by atoms with van der Waals surface area (Å²) in [5.41, 5.74) is 0. The molecule has 0 saturated carbocycles. The van der Waals surface area contributed by atoms with Crippen molar-refractivity contribution in [2.24, 2.45) is 0 Å². The molecule has 14 heavy (non-hydrogen) atoms. The maximum Gasteiger partial charge on any atom is 0.324 e. The summed E-state index contributed by atoms with van der Waals surface area (Å²) in [7, 11) is 0. The molecule has 0 N–H and O–H groups in total. The van der Waals surface area contributed by atoms with Crippen LogP contribution < -0.4 is 0 Å². The van der Waals surface area contributed by atoms with Crippen LogP contribution >= 0.6 is 0 Å². The molecule has 0 bridgehead atoms. The molecule has 1 unspecified atom stereocenters. The predicted octanol–water partition coefficient (Wildman–Crippen LogP) is -0.203. The highest BCUT2D eigenvalue weighted by Crippen LogP contribution is 2.17. The molecule has 0 radical (unpaired) electrons. The zero-order valence-corrected chi connectivity index (χ0v) is 8.49. The van der Waals surface area contributed by atoms with Gasteiger partial charge in [-0.2, -0.15) is 0 Å². The first-order valence-electron chi connectivity index (χ1n) is 4.75. The van der Waals surface area contributed by atoms with Gasteiger partial charge in [0.05, 0.1) is 19.8 Å². The van der Waals surface area contributed by atoms with Gasteiger partial charge in [0.2, 0.25) is 0 Å². The quantitative estimate of drug-likeness (QED) is 0.455. The average Bonchev–Trinajstić information content (AvgIpc) is 2.84. The van der Waals surface area contributed by atoms with Crippen LogP contribution in [-0.2, 0) is 19.1 Å². The summed E-state index contributed by atoms with van der Waals surface area (Å²) in [5.74, 6) is -0.545. The number of rotatable bonds is 5. The molecule has 2 atom stereocenters. The first-order chi connectivity index (χ1) is 6.69. The standard InChI is InChI=1S/C9H15NO4/c1-3-13-8(11)6-10-5-7(10)9(12)14-4-2/h7H,3-6H2,1-2H3/t7-,10?/m1/s1. The van der Waals surface area contributed by atoms with Crippen molar-refractivity contribution in [1.29, 1.82) is 0 Å². The van der Waals surface area contributed by atoms with E-state index in [0.717, 1.165) is 0 Å². The van der Waals surface area contributed by atoms with Crippen molar-refractivity contribution in [2.75, 3.05) is 26.3 Å². The van der Waals surface area contributed by atoms with Crippen LogP contribution in [0.2, 0.25) is 0 Å². The Labute approximate surface area is 83.0 Å². The highest BCUT2D eigenvalue weighted by Gasteiger charge is 2.42. The SMILES string of the molecule is CCOC(=O)CN1C[C@@H]1C(=O)OCC. The van der Waals surface area contributed by atoms with Crippen LogP contribution in [0.3, 0.4) is 0 Å². The van der Waals surface area contributed by atoms with E-state index in [2.05, 4.69) is 0 Å². The maximum absolute atomic E-state index is 11.1. The Kier molecular flexibility index (Phi) is 3.88. The lowest BCUT2D eigenvalue weighted by Crippen LogP contribution is -2.22. The molecular formula is C9H15NO4. The Morgan fingerprint density at radius 1 is 1.29 bits per heavy atom. The van der Waals surface area contributed by atoms with Crippen LogP contribution in [0.25, 0.3) is 0 Å². The van der Waals surface area contributed by atoms with E-state index in [9.17, 15) is 9.59 Å². The Bertz CT molecular complexity index is 229. The van der Waals surface area contributed by atoms with Gasteiger partial charge in [-0.25, -0.2) is 0 Å². The third-order valence-corrected chi connectivity index (χ3v) is 1.91. The summed E-state index contributed by atoms with van der Waals surface area (Å²) in [6.07, 6.45) is 0. The first kappa shape index (κ1) is 11.0. The molecule has 1 aliphatic rings. The fourth-order valence-corrected chi connectivity index (χ4v) is 1.18. The number of hydrogen-bond donors (Lipinski definition) is 0. The van der Waals surface area contributed by atoms with Gasteiger partial charge < -0.3 is 9.47 Å². The highest BCUT2D eigenvalue weighted by molar-refractivity contribution is 5.81. The van der Waals surface area contributed by atoms with Gasteiger partial charge in [-0.3, -0.25) is 14.5 Å². The fraction of sp³-hybridized carbons (Fsp3) is 0.778. The Balaban J connectivity index is 2.19. The average molecular weight is 201 g/mol. The van der Waals surface area contributed by atoms with E-state index in [1.165, 1.54) is 0 Å². The minimum absolute atomic E-state index is 0.178. The van der Waals surface area contributed by atoms with Crippen LogP contribution in [0.4, 0.5) is 0 Å². The maximum atomic E-state index is 11.1. The molecule has 0 spiro atoms. The highest BCUT2D eigenvalue weighted by atomic mass is 16.5. The molecule has 0 amide bonds. The van der Waals surface area contributed by atoms with Crippen LogP contribution in [0, 0.1) is 0 Å². The zero-order chi connectivity index (χ0) is 10.6. The van der Waals surface area contributed by atoms with Crippen molar-refractivity contribution in [3.63, 3.8) is 0 Å². The predicted molar refractivity (Wildman–Crippen MR) is 48.6 cm³/mol. The number of hydrogen-bond acceptors (Lipinski definition) is 5. The van der Waals surface area contributed by atoms with Gasteiger partial charge in [0.15, 0.2) is 0 Å².